The van der Waals surface area contributed by atoms with Crippen molar-refractivity contribution >= 4 is 5.97 Å². The smallest absolute Gasteiger partial charge is 0.338 e. The van der Waals surface area contributed by atoms with Crippen LogP contribution in [0.1, 0.15) is 36.9 Å². The number of aryl methyl sites for hydroxylation is 1. The van der Waals surface area contributed by atoms with Crippen molar-refractivity contribution in [2.45, 2.75) is 45.1 Å². The normalized spacial score (nSPS) is 17.5. The van der Waals surface area contributed by atoms with E-state index in [9.17, 15) is 4.79 Å². The minimum absolute atomic E-state index is 0.314. The minimum Gasteiger partial charge on any atom is -0.497 e. The standard InChI is InChI=1S/C26H30N2O6/c1-4-31-25(29)26(12-6-13-33-26)16-20-9-10-22(17-27-20)32-14-11-23-18(2)34-24(28-23)19-7-5-8-21(15-19)30-3/h5,7-10,15,17H,4,6,11-14,16H2,1-3H3. The van der Waals surface area contributed by atoms with Crippen LogP contribution in [0.3, 0.4) is 0 Å². The molecule has 2 aromatic heterocycles. The number of carbonyl (C=O) groups excluding carboxylic acids is 1. The third kappa shape index (κ3) is 5.39. The zero-order chi connectivity index (χ0) is 24.0. The fourth-order valence-electron chi connectivity index (χ4n) is 4.03. The van der Waals surface area contributed by atoms with E-state index in [2.05, 4.69) is 9.97 Å². The van der Waals surface area contributed by atoms with Crippen molar-refractivity contribution in [3.63, 3.8) is 0 Å². The Balaban J connectivity index is 1.33. The molecule has 3 heterocycles. The summed E-state index contributed by atoms with van der Waals surface area (Å²) in [5.41, 5.74) is 1.53. The van der Waals surface area contributed by atoms with E-state index in [0.717, 1.165) is 34.9 Å². The van der Waals surface area contributed by atoms with Gasteiger partial charge >= 0.3 is 5.97 Å². The molecule has 4 rings (SSSR count). The number of esters is 1. The van der Waals surface area contributed by atoms with Crippen LogP contribution in [0.4, 0.5) is 0 Å². The Labute approximate surface area is 199 Å². The average Bonchev–Trinajstić information content (AvgIpc) is 3.48. The molecule has 1 aliphatic heterocycles. The molecule has 1 atom stereocenters. The highest BCUT2D eigenvalue weighted by Gasteiger charge is 2.44. The highest BCUT2D eigenvalue weighted by atomic mass is 16.6. The molecule has 8 nitrogen and oxygen atoms in total. The molecular weight excluding hydrogens is 436 g/mol. The molecule has 0 spiro atoms. The lowest BCUT2D eigenvalue weighted by atomic mass is 9.94. The first-order chi connectivity index (χ1) is 16.5. The van der Waals surface area contributed by atoms with Crippen molar-refractivity contribution in [3.8, 4) is 23.0 Å². The molecule has 0 saturated carbocycles. The average molecular weight is 467 g/mol. The molecule has 1 aliphatic rings. The summed E-state index contributed by atoms with van der Waals surface area (Å²) < 4.78 is 28.0. The summed E-state index contributed by atoms with van der Waals surface area (Å²) in [6, 6.07) is 11.3. The number of hydrogen-bond acceptors (Lipinski definition) is 8. The lowest BCUT2D eigenvalue weighted by molar-refractivity contribution is -0.166. The Hall–Kier alpha value is -3.39. The third-order valence-electron chi connectivity index (χ3n) is 5.83. The van der Waals surface area contributed by atoms with Crippen molar-refractivity contribution in [1.82, 2.24) is 9.97 Å². The second-order valence-corrected chi connectivity index (χ2v) is 8.18. The Morgan fingerprint density at radius 2 is 2.09 bits per heavy atom. The number of nitrogens with zero attached hydrogens (tertiary/aromatic N) is 2. The quantitative estimate of drug-likeness (QED) is 0.408. The predicted molar refractivity (Wildman–Crippen MR) is 125 cm³/mol. The van der Waals surface area contributed by atoms with E-state index in [1.807, 2.05) is 43.3 Å². The van der Waals surface area contributed by atoms with Crippen LogP contribution in [-0.4, -0.2) is 48.5 Å². The Morgan fingerprint density at radius 1 is 1.21 bits per heavy atom. The fourth-order valence-corrected chi connectivity index (χ4v) is 4.03. The van der Waals surface area contributed by atoms with Crippen molar-refractivity contribution in [2.24, 2.45) is 0 Å². The van der Waals surface area contributed by atoms with Gasteiger partial charge in [0.2, 0.25) is 5.89 Å². The summed E-state index contributed by atoms with van der Waals surface area (Å²) >= 11 is 0. The van der Waals surface area contributed by atoms with E-state index in [-0.39, 0.29) is 5.97 Å². The molecule has 0 aliphatic carbocycles. The van der Waals surface area contributed by atoms with Crippen molar-refractivity contribution in [1.29, 1.82) is 0 Å². The summed E-state index contributed by atoms with van der Waals surface area (Å²) in [6.45, 7) is 5.01. The molecule has 34 heavy (non-hydrogen) atoms. The molecule has 0 bridgehead atoms. The molecule has 1 unspecified atom stereocenters. The van der Waals surface area contributed by atoms with Gasteiger partial charge in [0.1, 0.15) is 17.3 Å². The molecule has 0 N–H and O–H groups in total. The number of pyridine rings is 1. The molecule has 3 aromatic rings. The number of carbonyl (C=O) groups is 1. The molecule has 0 radical (unpaired) electrons. The number of hydrogen-bond donors (Lipinski definition) is 0. The van der Waals surface area contributed by atoms with Gasteiger partial charge in [0, 0.05) is 30.7 Å². The number of benzene rings is 1. The van der Waals surface area contributed by atoms with E-state index in [1.165, 1.54) is 0 Å². The highest BCUT2D eigenvalue weighted by Crippen LogP contribution is 2.31. The maximum absolute atomic E-state index is 12.4. The largest absolute Gasteiger partial charge is 0.497 e. The maximum Gasteiger partial charge on any atom is 0.338 e. The number of ether oxygens (including phenoxy) is 4. The van der Waals surface area contributed by atoms with Crippen molar-refractivity contribution < 1.29 is 28.2 Å². The first-order valence-corrected chi connectivity index (χ1v) is 11.5. The summed E-state index contributed by atoms with van der Waals surface area (Å²) in [5.74, 6) is 2.40. The summed E-state index contributed by atoms with van der Waals surface area (Å²) in [5, 5.41) is 0. The molecular formula is C26H30N2O6. The van der Waals surface area contributed by atoms with Crippen LogP contribution < -0.4 is 9.47 Å². The van der Waals surface area contributed by atoms with Gasteiger partial charge < -0.3 is 23.4 Å². The van der Waals surface area contributed by atoms with Gasteiger partial charge in [-0.15, -0.1) is 0 Å². The van der Waals surface area contributed by atoms with Gasteiger partial charge in [-0.25, -0.2) is 9.78 Å². The number of rotatable bonds is 10. The van der Waals surface area contributed by atoms with Crippen LogP contribution in [0.2, 0.25) is 0 Å². The second-order valence-electron chi connectivity index (χ2n) is 8.18. The first-order valence-electron chi connectivity index (χ1n) is 11.5. The van der Waals surface area contributed by atoms with Gasteiger partial charge in [0.25, 0.3) is 0 Å². The summed E-state index contributed by atoms with van der Waals surface area (Å²) in [6.07, 6.45) is 4.13. The second kappa shape index (κ2) is 10.7. The zero-order valence-corrected chi connectivity index (χ0v) is 19.8. The number of methoxy groups -OCH3 is 1. The molecule has 1 fully saturated rings. The van der Waals surface area contributed by atoms with Crippen LogP contribution in [-0.2, 0) is 27.1 Å². The van der Waals surface area contributed by atoms with E-state index >= 15 is 0 Å². The van der Waals surface area contributed by atoms with Crippen molar-refractivity contribution in [2.75, 3.05) is 26.9 Å². The fraction of sp³-hybridized carbons (Fsp3) is 0.423. The lowest BCUT2D eigenvalue weighted by Crippen LogP contribution is -2.42. The van der Waals surface area contributed by atoms with Crippen molar-refractivity contribution in [3.05, 3.63) is 59.7 Å². The van der Waals surface area contributed by atoms with Gasteiger partial charge in [0.05, 0.1) is 32.2 Å². The lowest BCUT2D eigenvalue weighted by Gasteiger charge is -2.25. The highest BCUT2D eigenvalue weighted by molar-refractivity contribution is 5.80. The van der Waals surface area contributed by atoms with E-state index in [1.54, 1.807) is 20.2 Å². The SMILES string of the molecule is CCOC(=O)C1(Cc2ccc(OCCc3nc(-c4cccc(OC)c4)oc3C)cn2)CCCO1. The topological polar surface area (TPSA) is 92.9 Å². The van der Waals surface area contributed by atoms with Crippen LogP contribution in [0.25, 0.3) is 11.5 Å². The predicted octanol–water partition coefficient (Wildman–Crippen LogP) is 4.33. The van der Waals surface area contributed by atoms with Crippen LogP contribution >= 0.6 is 0 Å². The Bertz CT molecular complexity index is 1100. The third-order valence-corrected chi connectivity index (χ3v) is 5.83. The number of aromatic nitrogens is 2. The monoisotopic (exact) mass is 466 g/mol. The molecule has 1 saturated heterocycles. The Morgan fingerprint density at radius 3 is 2.79 bits per heavy atom. The minimum atomic E-state index is -0.934. The number of oxazole rings is 1. The molecule has 1 aromatic carbocycles. The van der Waals surface area contributed by atoms with Crippen LogP contribution in [0, 0.1) is 6.92 Å². The van der Waals surface area contributed by atoms with Crippen LogP contribution in [0.5, 0.6) is 11.5 Å². The first kappa shape index (κ1) is 23.8. The maximum atomic E-state index is 12.4. The van der Waals surface area contributed by atoms with Gasteiger partial charge in [-0.2, -0.15) is 0 Å². The van der Waals surface area contributed by atoms with Gasteiger partial charge in [-0.1, -0.05) is 6.07 Å². The molecule has 0 amide bonds. The summed E-state index contributed by atoms with van der Waals surface area (Å²) in [4.78, 5) is 21.5. The van der Waals surface area contributed by atoms with E-state index in [4.69, 9.17) is 23.4 Å². The summed E-state index contributed by atoms with van der Waals surface area (Å²) in [7, 11) is 1.63. The van der Waals surface area contributed by atoms with Gasteiger partial charge in [-0.05, 0) is 57.0 Å². The Kier molecular flexibility index (Phi) is 7.47. The van der Waals surface area contributed by atoms with Gasteiger partial charge in [-0.3, -0.25) is 4.98 Å². The van der Waals surface area contributed by atoms with Crippen LogP contribution in [0.15, 0.2) is 47.0 Å². The van der Waals surface area contributed by atoms with Gasteiger partial charge in [0.15, 0.2) is 5.60 Å². The molecule has 8 heteroatoms. The van der Waals surface area contributed by atoms with E-state index in [0.29, 0.717) is 50.7 Å². The zero-order valence-electron chi connectivity index (χ0n) is 19.8. The molecule has 180 valence electrons. The van der Waals surface area contributed by atoms with E-state index < -0.39 is 5.60 Å².